The first-order valence-corrected chi connectivity index (χ1v) is 6.57. The van der Waals surface area contributed by atoms with Gasteiger partial charge in [-0.15, -0.1) is 0 Å². The van der Waals surface area contributed by atoms with Gasteiger partial charge in [-0.05, 0) is 18.7 Å². The molecule has 0 bridgehead atoms. The fourth-order valence-corrected chi connectivity index (χ4v) is 2.06. The number of amides is 2. The van der Waals surface area contributed by atoms with Crippen LogP contribution >= 0.6 is 0 Å². The smallest absolute Gasteiger partial charge is 0.354 e. The van der Waals surface area contributed by atoms with Crippen molar-refractivity contribution < 1.29 is 14.7 Å². The third-order valence-electron chi connectivity index (χ3n) is 3.34. The summed E-state index contributed by atoms with van der Waals surface area (Å²) in [6, 6.07) is 2.73. The predicted octanol–water partition coefficient (Wildman–Crippen LogP) is 0.949. The van der Waals surface area contributed by atoms with Gasteiger partial charge in [-0.25, -0.2) is 14.6 Å². The molecule has 2 heterocycles. The van der Waals surface area contributed by atoms with E-state index in [2.05, 4.69) is 22.1 Å². The lowest BCUT2D eigenvalue weighted by Crippen LogP contribution is -2.49. The van der Waals surface area contributed by atoms with Gasteiger partial charge in [0.2, 0.25) is 0 Å². The van der Waals surface area contributed by atoms with Crippen LogP contribution < -0.4 is 5.32 Å². The van der Waals surface area contributed by atoms with Gasteiger partial charge in [0.1, 0.15) is 5.69 Å². The lowest BCUT2D eigenvalue weighted by molar-refractivity contribution is 0.0690. The van der Waals surface area contributed by atoms with Crippen LogP contribution in [0.4, 0.5) is 10.5 Å². The number of piperazine rings is 1. The normalized spacial score (nSPS) is 15.9. The van der Waals surface area contributed by atoms with Crippen LogP contribution in [0.3, 0.4) is 0 Å². The van der Waals surface area contributed by atoms with Gasteiger partial charge in [0.25, 0.3) is 0 Å². The van der Waals surface area contributed by atoms with Gasteiger partial charge in [-0.2, -0.15) is 0 Å². The van der Waals surface area contributed by atoms with Gasteiger partial charge < -0.3 is 20.2 Å². The fourth-order valence-electron chi connectivity index (χ4n) is 2.06. The van der Waals surface area contributed by atoms with E-state index in [0.717, 1.165) is 19.6 Å². The Morgan fingerprint density at radius 1 is 1.30 bits per heavy atom. The molecule has 1 saturated heterocycles. The zero-order valence-electron chi connectivity index (χ0n) is 11.4. The summed E-state index contributed by atoms with van der Waals surface area (Å²) in [6.07, 6.45) is 1.35. The number of rotatable bonds is 3. The van der Waals surface area contributed by atoms with E-state index in [1.165, 1.54) is 18.3 Å². The summed E-state index contributed by atoms with van der Waals surface area (Å²) in [5, 5.41) is 11.5. The summed E-state index contributed by atoms with van der Waals surface area (Å²) >= 11 is 0. The monoisotopic (exact) mass is 278 g/mol. The minimum atomic E-state index is -1.08. The van der Waals surface area contributed by atoms with Crippen molar-refractivity contribution in [1.82, 2.24) is 14.8 Å². The average molecular weight is 278 g/mol. The molecule has 1 aliphatic heterocycles. The summed E-state index contributed by atoms with van der Waals surface area (Å²) in [7, 11) is 0. The minimum Gasteiger partial charge on any atom is -0.477 e. The van der Waals surface area contributed by atoms with E-state index in [9.17, 15) is 9.59 Å². The van der Waals surface area contributed by atoms with Crippen LogP contribution in [0.2, 0.25) is 0 Å². The lowest BCUT2D eigenvalue weighted by Gasteiger charge is -2.33. The quantitative estimate of drug-likeness (QED) is 0.859. The number of nitrogens with one attached hydrogen (secondary N) is 1. The highest BCUT2D eigenvalue weighted by Crippen LogP contribution is 2.09. The van der Waals surface area contributed by atoms with E-state index in [1.807, 2.05) is 0 Å². The highest BCUT2D eigenvalue weighted by Gasteiger charge is 2.20. The molecular weight excluding hydrogens is 260 g/mol. The van der Waals surface area contributed by atoms with Crippen LogP contribution in [0.25, 0.3) is 0 Å². The van der Waals surface area contributed by atoms with Crippen LogP contribution in [-0.4, -0.2) is 64.6 Å². The molecule has 0 aliphatic carbocycles. The number of urea groups is 1. The van der Waals surface area contributed by atoms with Crippen molar-refractivity contribution in [2.24, 2.45) is 0 Å². The molecule has 0 spiro atoms. The molecule has 0 saturated carbocycles. The largest absolute Gasteiger partial charge is 0.477 e. The van der Waals surface area contributed by atoms with Gasteiger partial charge in [0, 0.05) is 26.2 Å². The number of carbonyl (C=O) groups is 2. The number of anilines is 1. The van der Waals surface area contributed by atoms with Crippen molar-refractivity contribution in [3.8, 4) is 0 Å². The molecule has 7 nitrogen and oxygen atoms in total. The van der Waals surface area contributed by atoms with Crippen LogP contribution in [0, 0.1) is 0 Å². The van der Waals surface area contributed by atoms with Crippen molar-refractivity contribution in [2.75, 3.05) is 38.0 Å². The number of nitrogens with zero attached hydrogens (tertiary/aromatic N) is 3. The van der Waals surface area contributed by atoms with E-state index in [-0.39, 0.29) is 11.7 Å². The molecule has 1 aliphatic rings. The standard InChI is InChI=1S/C13H18N4O3/c1-2-16-5-7-17(8-6-16)13(20)15-10-3-4-11(12(18)19)14-9-10/h3-4,9H,2,5-8H2,1H3,(H,15,20)(H,18,19). The zero-order chi connectivity index (χ0) is 14.5. The van der Waals surface area contributed by atoms with Gasteiger partial charge >= 0.3 is 12.0 Å². The van der Waals surface area contributed by atoms with Gasteiger partial charge in [0.15, 0.2) is 0 Å². The molecule has 2 N–H and O–H groups in total. The molecule has 2 amide bonds. The molecule has 7 heteroatoms. The van der Waals surface area contributed by atoms with Crippen molar-refractivity contribution in [3.63, 3.8) is 0 Å². The van der Waals surface area contributed by atoms with Crippen LogP contribution in [0.5, 0.6) is 0 Å². The summed E-state index contributed by atoms with van der Waals surface area (Å²) in [4.78, 5) is 30.5. The molecule has 0 atom stereocenters. The second-order valence-corrected chi connectivity index (χ2v) is 4.59. The Bertz CT molecular complexity index is 481. The van der Waals surface area contributed by atoms with Crippen LogP contribution in [-0.2, 0) is 0 Å². The second kappa shape index (κ2) is 6.33. The molecule has 20 heavy (non-hydrogen) atoms. The average Bonchev–Trinajstić information content (AvgIpc) is 2.48. The second-order valence-electron chi connectivity index (χ2n) is 4.59. The number of carboxylic acid groups (broad SMARTS) is 1. The van der Waals surface area contributed by atoms with Gasteiger partial charge in [-0.1, -0.05) is 6.92 Å². The van der Waals surface area contributed by atoms with E-state index in [1.54, 1.807) is 4.90 Å². The number of aromatic carboxylic acids is 1. The maximum Gasteiger partial charge on any atom is 0.354 e. The zero-order valence-corrected chi connectivity index (χ0v) is 11.4. The van der Waals surface area contributed by atoms with Gasteiger partial charge in [-0.3, -0.25) is 0 Å². The summed E-state index contributed by atoms with van der Waals surface area (Å²) < 4.78 is 0. The van der Waals surface area contributed by atoms with Crippen molar-refractivity contribution in [2.45, 2.75) is 6.92 Å². The van der Waals surface area contributed by atoms with Crippen LogP contribution in [0.1, 0.15) is 17.4 Å². The van der Waals surface area contributed by atoms with Crippen molar-refractivity contribution in [3.05, 3.63) is 24.0 Å². The summed E-state index contributed by atoms with van der Waals surface area (Å²) in [6.45, 7) is 6.24. The first-order chi connectivity index (χ1) is 9.60. The van der Waals surface area contributed by atoms with Crippen molar-refractivity contribution in [1.29, 1.82) is 0 Å². The Balaban J connectivity index is 1.90. The summed E-state index contributed by atoms with van der Waals surface area (Å²) in [5.41, 5.74) is 0.456. The molecule has 1 fully saturated rings. The highest BCUT2D eigenvalue weighted by atomic mass is 16.4. The first kappa shape index (κ1) is 14.3. The molecule has 0 aromatic carbocycles. The van der Waals surface area contributed by atoms with E-state index in [4.69, 9.17) is 5.11 Å². The Morgan fingerprint density at radius 3 is 2.50 bits per heavy atom. The Kier molecular flexibility index (Phi) is 4.52. The molecule has 2 rings (SSSR count). The molecule has 108 valence electrons. The topological polar surface area (TPSA) is 85.8 Å². The van der Waals surface area contributed by atoms with E-state index >= 15 is 0 Å². The SMILES string of the molecule is CCN1CCN(C(=O)Nc2ccc(C(=O)O)nc2)CC1. The van der Waals surface area contributed by atoms with Crippen molar-refractivity contribution >= 4 is 17.7 Å². The molecular formula is C13H18N4O3. The van der Waals surface area contributed by atoms with E-state index < -0.39 is 5.97 Å². The number of likely N-dealkylation sites (N-methyl/N-ethyl adjacent to an activating group) is 1. The number of hydrogen-bond donors (Lipinski definition) is 2. The Morgan fingerprint density at radius 2 is 2.00 bits per heavy atom. The third kappa shape index (κ3) is 3.45. The number of aromatic nitrogens is 1. The third-order valence-corrected chi connectivity index (χ3v) is 3.34. The van der Waals surface area contributed by atoms with E-state index in [0.29, 0.717) is 18.8 Å². The molecule has 1 aromatic rings. The lowest BCUT2D eigenvalue weighted by atomic mass is 10.3. The minimum absolute atomic E-state index is 0.0421. The van der Waals surface area contributed by atoms with Crippen LogP contribution in [0.15, 0.2) is 18.3 Å². The summed E-state index contributed by atoms with van der Waals surface area (Å²) in [5.74, 6) is -1.08. The number of carboxylic acids is 1. The molecule has 0 radical (unpaired) electrons. The Labute approximate surface area is 117 Å². The fraction of sp³-hybridized carbons (Fsp3) is 0.462. The molecule has 1 aromatic heterocycles. The Hall–Kier alpha value is -2.15. The first-order valence-electron chi connectivity index (χ1n) is 6.57. The maximum absolute atomic E-state index is 12.0. The molecule has 0 unspecified atom stereocenters. The van der Waals surface area contributed by atoms with Gasteiger partial charge in [0.05, 0.1) is 11.9 Å². The maximum atomic E-state index is 12.0. The number of hydrogen-bond acceptors (Lipinski definition) is 4. The highest BCUT2D eigenvalue weighted by molar-refractivity contribution is 5.90. The predicted molar refractivity (Wildman–Crippen MR) is 73.9 cm³/mol. The number of pyridine rings is 1. The number of carbonyl (C=O) groups excluding carboxylic acids is 1.